The Morgan fingerprint density at radius 3 is 2.96 bits per heavy atom. The maximum atomic E-state index is 12.4. The number of nitrogens with zero attached hydrogens (tertiary/aromatic N) is 3. The molecule has 2 aromatic rings. The van der Waals surface area contributed by atoms with Crippen LogP contribution in [0.2, 0.25) is 0 Å². The van der Waals surface area contributed by atoms with Gasteiger partial charge in [0.25, 0.3) is 0 Å². The Morgan fingerprint density at radius 1 is 1.29 bits per heavy atom. The zero-order valence-corrected chi connectivity index (χ0v) is 14.1. The quantitative estimate of drug-likeness (QED) is 0.910. The molecular weight excluding hydrogens is 304 g/mol. The molecule has 0 radical (unpaired) electrons. The molecule has 0 saturated carbocycles. The van der Waals surface area contributed by atoms with Crippen molar-refractivity contribution >= 4 is 5.91 Å². The Kier molecular flexibility index (Phi) is 5.59. The Morgan fingerprint density at radius 2 is 2.12 bits per heavy atom. The van der Waals surface area contributed by atoms with E-state index in [1.54, 1.807) is 0 Å². The van der Waals surface area contributed by atoms with E-state index in [0.29, 0.717) is 24.7 Å². The number of amides is 1. The maximum absolute atomic E-state index is 12.4. The molecule has 1 aromatic carbocycles. The zero-order valence-electron chi connectivity index (χ0n) is 14.1. The van der Waals surface area contributed by atoms with Crippen LogP contribution >= 0.6 is 0 Å². The van der Waals surface area contributed by atoms with Crippen LogP contribution in [-0.2, 0) is 17.8 Å². The van der Waals surface area contributed by atoms with Gasteiger partial charge in [0.1, 0.15) is 0 Å². The van der Waals surface area contributed by atoms with Gasteiger partial charge in [-0.2, -0.15) is 4.98 Å². The lowest BCUT2D eigenvalue weighted by molar-refractivity contribution is -0.126. The van der Waals surface area contributed by atoms with Crippen molar-refractivity contribution in [2.24, 2.45) is 0 Å². The van der Waals surface area contributed by atoms with Crippen molar-refractivity contribution in [2.45, 2.75) is 44.7 Å². The lowest BCUT2D eigenvalue weighted by atomic mass is 10.1. The van der Waals surface area contributed by atoms with E-state index in [1.807, 2.05) is 37.4 Å². The number of hydrogen-bond donors (Lipinski definition) is 1. The fraction of sp³-hybridized carbons (Fsp3) is 0.500. The summed E-state index contributed by atoms with van der Waals surface area (Å²) in [5, 5.41) is 6.89. The summed E-state index contributed by atoms with van der Waals surface area (Å²) < 4.78 is 5.26. The second-order valence-corrected chi connectivity index (χ2v) is 6.33. The van der Waals surface area contributed by atoms with E-state index in [-0.39, 0.29) is 11.9 Å². The van der Waals surface area contributed by atoms with Gasteiger partial charge < -0.3 is 9.84 Å². The highest BCUT2D eigenvalue weighted by Crippen LogP contribution is 2.15. The molecule has 1 aliphatic heterocycles. The molecule has 0 aliphatic carbocycles. The first-order valence-electron chi connectivity index (χ1n) is 8.56. The van der Waals surface area contributed by atoms with Crippen molar-refractivity contribution in [2.75, 3.05) is 13.6 Å². The van der Waals surface area contributed by atoms with E-state index in [4.69, 9.17) is 4.52 Å². The van der Waals surface area contributed by atoms with Gasteiger partial charge in [-0.1, -0.05) is 48.3 Å². The summed E-state index contributed by atoms with van der Waals surface area (Å²) in [5.74, 6) is 1.14. The second-order valence-electron chi connectivity index (χ2n) is 6.33. The van der Waals surface area contributed by atoms with Crippen LogP contribution < -0.4 is 5.32 Å². The van der Waals surface area contributed by atoms with Gasteiger partial charge in [-0.25, -0.2) is 0 Å². The fourth-order valence-electron chi connectivity index (χ4n) is 3.07. The highest BCUT2D eigenvalue weighted by atomic mass is 16.5. The molecule has 128 valence electrons. The molecule has 6 heteroatoms. The molecule has 1 fully saturated rings. The SMILES string of the molecule is CN1CCCCC[C@@H]1C(=O)NCc1noc(Cc2ccccc2)n1. The number of hydrogen-bond acceptors (Lipinski definition) is 5. The molecule has 1 saturated heterocycles. The van der Waals surface area contributed by atoms with E-state index < -0.39 is 0 Å². The number of likely N-dealkylation sites (N-methyl/N-ethyl adjacent to an activating group) is 1. The predicted octanol–water partition coefficient (Wildman–Crippen LogP) is 2.15. The molecule has 2 heterocycles. The number of benzene rings is 1. The molecule has 0 unspecified atom stereocenters. The molecule has 3 rings (SSSR count). The van der Waals surface area contributed by atoms with Gasteiger partial charge in [0.05, 0.1) is 19.0 Å². The Balaban J connectivity index is 1.52. The van der Waals surface area contributed by atoms with E-state index in [2.05, 4.69) is 20.4 Å². The van der Waals surface area contributed by atoms with Crippen molar-refractivity contribution in [3.05, 3.63) is 47.6 Å². The number of rotatable bonds is 5. The molecule has 24 heavy (non-hydrogen) atoms. The zero-order chi connectivity index (χ0) is 16.8. The number of carbonyl (C=O) groups excluding carboxylic acids is 1. The average Bonchev–Trinajstić information content (AvgIpc) is 2.92. The fourth-order valence-corrected chi connectivity index (χ4v) is 3.07. The van der Waals surface area contributed by atoms with Crippen LogP contribution in [0, 0.1) is 0 Å². The van der Waals surface area contributed by atoms with Crippen LogP contribution in [0.15, 0.2) is 34.9 Å². The first-order valence-corrected chi connectivity index (χ1v) is 8.56. The Labute approximate surface area is 142 Å². The average molecular weight is 328 g/mol. The third-order valence-corrected chi connectivity index (χ3v) is 4.45. The number of likely N-dealkylation sites (tertiary alicyclic amines) is 1. The molecule has 1 aliphatic rings. The lowest BCUT2D eigenvalue weighted by Gasteiger charge is -2.24. The van der Waals surface area contributed by atoms with E-state index in [9.17, 15) is 4.79 Å². The highest BCUT2D eigenvalue weighted by Gasteiger charge is 2.24. The molecular formula is C18H24N4O2. The molecule has 1 amide bonds. The van der Waals surface area contributed by atoms with Crippen LogP contribution in [0.3, 0.4) is 0 Å². The number of nitrogens with one attached hydrogen (secondary N) is 1. The smallest absolute Gasteiger partial charge is 0.237 e. The van der Waals surface area contributed by atoms with Crippen molar-refractivity contribution in [3.8, 4) is 0 Å². The molecule has 6 nitrogen and oxygen atoms in total. The summed E-state index contributed by atoms with van der Waals surface area (Å²) in [4.78, 5) is 18.9. The standard InChI is InChI=1S/C18H24N4O2/c1-22-11-7-3-6-10-15(22)18(23)19-13-16-20-17(24-21-16)12-14-8-4-2-5-9-14/h2,4-5,8-9,15H,3,6-7,10-13H2,1H3,(H,19,23)/t15-/m1/s1. The summed E-state index contributed by atoms with van der Waals surface area (Å²) >= 11 is 0. The van der Waals surface area contributed by atoms with Crippen LogP contribution in [-0.4, -0.2) is 40.6 Å². The summed E-state index contributed by atoms with van der Waals surface area (Å²) in [6.07, 6.45) is 4.97. The predicted molar refractivity (Wildman–Crippen MR) is 90.3 cm³/mol. The number of aromatic nitrogens is 2. The van der Waals surface area contributed by atoms with Crippen molar-refractivity contribution in [1.82, 2.24) is 20.4 Å². The lowest BCUT2D eigenvalue weighted by Crippen LogP contribution is -2.44. The minimum atomic E-state index is -0.0526. The third-order valence-electron chi connectivity index (χ3n) is 4.45. The first kappa shape index (κ1) is 16.6. The van der Waals surface area contributed by atoms with Crippen LogP contribution in [0.1, 0.15) is 43.0 Å². The van der Waals surface area contributed by atoms with Crippen molar-refractivity contribution in [3.63, 3.8) is 0 Å². The van der Waals surface area contributed by atoms with Crippen LogP contribution in [0.4, 0.5) is 0 Å². The first-order chi connectivity index (χ1) is 11.7. The Bertz CT molecular complexity index is 656. The molecule has 1 atom stereocenters. The molecule has 0 spiro atoms. The largest absolute Gasteiger partial charge is 0.347 e. The van der Waals surface area contributed by atoms with Gasteiger partial charge >= 0.3 is 0 Å². The van der Waals surface area contributed by atoms with Gasteiger partial charge in [0.15, 0.2) is 5.82 Å². The molecule has 1 aromatic heterocycles. The van der Waals surface area contributed by atoms with Gasteiger partial charge in [-0.15, -0.1) is 0 Å². The molecule has 1 N–H and O–H groups in total. The van der Waals surface area contributed by atoms with E-state index in [1.165, 1.54) is 6.42 Å². The maximum Gasteiger partial charge on any atom is 0.237 e. The van der Waals surface area contributed by atoms with E-state index >= 15 is 0 Å². The normalized spacial score (nSPS) is 19.0. The highest BCUT2D eigenvalue weighted by molar-refractivity contribution is 5.81. The summed E-state index contributed by atoms with van der Waals surface area (Å²) in [7, 11) is 2.02. The molecule has 0 bridgehead atoms. The minimum Gasteiger partial charge on any atom is -0.347 e. The van der Waals surface area contributed by atoms with Crippen molar-refractivity contribution < 1.29 is 9.32 Å². The number of carbonyl (C=O) groups is 1. The van der Waals surface area contributed by atoms with Crippen LogP contribution in [0.25, 0.3) is 0 Å². The summed E-state index contributed by atoms with van der Waals surface area (Å²) in [6.45, 7) is 1.28. The minimum absolute atomic E-state index is 0.0498. The van der Waals surface area contributed by atoms with Gasteiger partial charge in [0, 0.05) is 0 Å². The summed E-state index contributed by atoms with van der Waals surface area (Å²) in [5.41, 5.74) is 1.12. The third kappa shape index (κ3) is 4.41. The van der Waals surface area contributed by atoms with E-state index in [0.717, 1.165) is 31.4 Å². The monoisotopic (exact) mass is 328 g/mol. The Hall–Kier alpha value is -2.21. The second kappa shape index (κ2) is 8.06. The van der Waals surface area contributed by atoms with Gasteiger partial charge in [0.2, 0.25) is 11.8 Å². The topological polar surface area (TPSA) is 71.3 Å². The summed E-state index contributed by atoms with van der Waals surface area (Å²) in [6, 6.07) is 9.93. The van der Waals surface area contributed by atoms with Gasteiger partial charge in [-0.3, -0.25) is 9.69 Å². The van der Waals surface area contributed by atoms with Crippen LogP contribution in [0.5, 0.6) is 0 Å². The van der Waals surface area contributed by atoms with Crippen molar-refractivity contribution in [1.29, 1.82) is 0 Å². The van der Waals surface area contributed by atoms with Gasteiger partial charge in [-0.05, 0) is 32.0 Å².